The molecule has 2 unspecified atom stereocenters. The van der Waals surface area contributed by atoms with E-state index in [1.54, 1.807) is 15.4 Å². The maximum atomic E-state index is 12.6. The van der Waals surface area contributed by atoms with Crippen molar-refractivity contribution in [2.75, 3.05) is 26.4 Å². The second kappa shape index (κ2) is 13.7. The van der Waals surface area contributed by atoms with E-state index < -0.39 is 0 Å². The molecule has 1 saturated heterocycles. The van der Waals surface area contributed by atoms with E-state index in [2.05, 4.69) is 37.1 Å². The number of ether oxygens (including phenoxy) is 4. The molecule has 0 bridgehead atoms. The highest BCUT2D eigenvalue weighted by Gasteiger charge is 2.16. The zero-order chi connectivity index (χ0) is 27.9. The highest BCUT2D eigenvalue weighted by atomic mass is 32.1. The van der Waals surface area contributed by atoms with E-state index in [9.17, 15) is 4.79 Å². The second-order valence-corrected chi connectivity index (χ2v) is 14.2. The molecule has 0 spiro atoms. The predicted octanol–water partition coefficient (Wildman–Crippen LogP) is 5.45. The first-order valence-corrected chi connectivity index (χ1v) is 17.4. The minimum Gasteiger partial charge on any atom is -0.490 e. The summed E-state index contributed by atoms with van der Waals surface area (Å²) in [5, 5.41) is 4.78. The van der Waals surface area contributed by atoms with Crippen LogP contribution in [0.25, 0.3) is 16.0 Å². The van der Waals surface area contributed by atoms with Gasteiger partial charge in [-0.15, -0.1) is 0 Å². The SMILES string of the molecule is CC(c1ccc2c(c1)sc(=O)n2COCC[Si](C)C)c1ccn(-c2ccc(OCCOC3CCCCO3)cn2)n1. The van der Waals surface area contributed by atoms with Crippen LogP contribution in [0.1, 0.15) is 43.4 Å². The number of thiazole rings is 1. The lowest BCUT2D eigenvalue weighted by Crippen LogP contribution is -2.24. The molecular formula is C29H37N4O5SSi. The summed E-state index contributed by atoms with van der Waals surface area (Å²) < 4.78 is 27.3. The summed E-state index contributed by atoms with van der Waals surface area (Å²) in [6.45, 7) is 9.33. The third kappa shape index (κ3) is 7.27. The second-order valence-electron chi connectivity index (χ2n) is 10.3. The van der Waals surface area contributed by atoms with Crippen LogP contribution < -0.4 is 9.61 Å². The van der Waals surface area contributed by atoms with Gasteiger partial charge < -0.3 is 18.9 Å². The Hall–Kier alpha value is -2.83. The van der Waals surface area contributed by atoms with E-state index in [-0.39, 0.29) is 25.9 Å². The molecule has 1 aliphatic rings. The maximum absolute atomic E-state index is 12.6. The van der Waals surface area contributed by atoms with Gasteiger partial charge in [0.2, 0.25) is 0 Å². The summed E-state index contributed by atoms with van der Waals surface area (Å²) in [4.78, 5) is 17.1. The van der Waals surface area contributed by atoms with Gasteiger partial charge in [0, 0.05) is 34.1 Å². The Morgan fingerprint density at radius 2 is 2.05 bits per heavy atom. The molecule has 0 amide bonds. The van der Waals surface area contributed by atoms with Gasteiger partial charge >= 0.3 is 4.87 Å². The first kappa shape index (κ1) is 28.7. The molecule has 2 atom stereocenters. The Bertz CT molecular complexity index is 1430. The average Bonchev–Trinajstić information content (AvgIpc) is 3.58. The highest BCUT2D eigenvalue weighted by molar-refractivity contribution is 7.16. The minimum absolute atomic E-state index is 0.00636. The Kier molecular flexibility index (Phi) is 9.82. The minimum atomic E-state index is -0.329. The van der Waals surface area contributed by atoms with Crippen LogP contribution in [0.2, 0.25) is 19.1 Å². The summed E-state index contributed by atoms with van der Waals surface area (Å²) in [6, 6.07) is 13.0. The number of fused-ring (bicyclic) bond motifs is 1. The van der Waals surface area contributed by atoms with Gasteiger partial charge in [0.15, 0.2) is 12.1 Å². The molecule has 1 radical (unpaired) electrons. The van der Waals surface area contributed by atoms with Crippen LogP contribution in [0.4, 0.5) is 0 Å². The van der Waals surface area contributed by atoms with Gasteiger partial charge in [0.1, 0.15) is 19.1 Å². The molecule has 0 saturated carbocycles. The van der Waals surface area contributed by atoms with Crippen LogP contribution in [0, 0.1) is 0 Å². The number of rotatable bonds is 13. The molecule has 213 valence electrons. The van der Waals surface area contributed by atoms with Crippen molar-refractivity contribution >= 4 is 30.4 Å². The zero-order valence-electron chi connectivity index (χ0n) is 23.4. The van der Waals surface area contributed by atoms with E-state index in [0.29, 0.717) is 38.1 Å². The fourth-order valence-corrected chi connectivity index (χ4v) is 6.03. The summed E-state index contributed by atoms with van der Waals surface area (Å²) in [6.07, 6.45) is 6.70. The van der Waals surface area contributed by atoms with Gasteiger partial charge in [-0.1, -0.05) is 37.4 Å². The molecule has 0 N–H and O–H groups in total. The normalized spacial score (nSPS) is 16.6. The lowest BCUT2D eigenvalue weighted by Gasteiger charge is -2.22. The van der Waals surface area contributed by atoms with Gasteiger partial charge in [-0.3, -0.25) is 9.36 Å². The number of nitrogens with zero attached hydrogens (tertiary/aromatic N) is 4. The number of hydrogen-bond acceptors (Lipinski definition) is 8. The van der Waals surface area contributed by atoms with Gasteiger partial charge in [-0.25, -0.2) is 9.67 Å². The monoisotopic (exact) mass is 581 g/mol. The third-order valence-electron chi connectivity index (χ3n) is 6.96. The summed E-state index contributed by atoms with van der Waals surface area (Å²) in [5.74, 6) is 1.45. The van der Waals surface area contributed by atoms with Crippen LogP contribution in [0.3, 0.4) is 0 Å². The average molecular weight is 582 g/mol. The number of pyridine rings is 1. The summed E-state index contributed by atoms with van der Waals surface area (Å²) >= 11 is 1.26. The van der Waals surface area contributed by atoms with Gasteiger partial charge in [0.25, 0.3) is 0 Å². The third-order valence-corrected chi connectivity index (χ3v) is 9.11. The smallest absolute Gasteiger partial charge is 0.310 e. The Morgan fingerprint density at radius 3 is 2.83 bits per heavy atom. The van der Waals surface area contributed by atoms with Crippen molar-refractivity contribution in [1.82, 2.24) is 19.3 Å². The zero-order valence-corrected chi connectivity index (χ0v) is 25.2. The van der Waals surface area contributed by atoms with Crippen LogP contribution in [0.5, 0.6) is 5.75 Å². The van der Waals surface area contributed by atoms with Crippen molar-refractivity contribution < 1.29 is 18.9 Å². The Balaban J connectivity index is 1.17. The topological polar surface area (TPSA) is 89.6 Å². The van der Waals surface area contributed by atoms with Crippen molar-refractivity contribution in [3.8, 4) is 11.6 Å². The van der Waals surface area contributed by atoms with Crippen molar-refractivity contribution in [3.63, 3.8) is 0 Å². The van der Waals surface area contributed by atoms with Crippen molar-refractivity contribution in [1.29, 1.82) is 0 Å². The summed E-state index contributed by atoms with van der Waals surface area (Å²) in [7, 11) is -0.329. The number of aromatic nitrogens is 4. The van der Waals surface area contributed by atoms with Crippen LogP contribution in [-0.4, -0.2) is 60.8 Å². The van der Waals surface area contributed by atoms with Crippen LogP contribution in [-0.2, 0) is 20.9 Å². The molecule has 5 rings (SSSR count). The Morgan fingerprint density at radius 1 is 1.15 bits per heavy atom. The molecule has 1 aliphatic heterocycles. The molecule has 4 aromatic rings. The molecule has 1 fully saturated rings. The van der Waals surface area contributed by atoms with E-state index in [4.69, 9.17) is 24.0 Å². The van der Waals surface area contributed by atoms with E-state index in [1.165, 1.54) is 11.3 Å². The molecule has 11 heteroatoms. The van der Waals surface area contributed by atoms with Gasteiger partial charge in [-0.2, -0.15) is 5.10 Å². The van der Waals surface area contributed by atoms with Crippen LogP contribution in [0.15, 0.2) is 53.6 Å². The maximum Gasteiger partial charge on any atom is 0.310 e. The quantitative estimate of drug-likeness (QED) is 0.153. The Labute approximate surface area is 240 Å². The lowest BCUT2D eigenvalue weighted by molar-refractivity contribution is -0.165. The van der Waals surface area contributed by atoms with E-state index in [0.717, 1.165) is 53.4 Å². The van der Waals surface area contributed by atoms with Crippen molar-refractivity contribution in [2.45, 2.75) is 64.3 Å². The molecule has 0 aliphatic carbocycles. The van der Waals surface area contributed by atoms with Gasteiger partial charge in [0.05, 0.1) is 28.7 Å². The number of benzene rings is 1. The van der Waals surface area contributed by atoms with Crippen molar-refractivity contribution in [2.24, 2.45) is 0 Å². The van der Waals surface area contributed by atoms with Crippen LogP contribution >= 0.6 is 11.3 Å². The van der Waals surface area contributed by atoms with Crippen molar-refractivity contribution in [3.05, 3.63) is 69.7 Å². The van der Waals surface area contributed by atoms with Gasteiger partial charge in [-0.05, 0) is 61.2 Å². The fourth-order valence-electron chi connectivity index (χ4n) is 4.55. The molecule has 40 heavy (non-hydrogen) atoms. The standard InChI is InChI=1S/C29H37N4O5SSi/c1-21(22-7-9-25-26(18-22)39-29(34)32(25)20-35-16-17-40(2)3)24-11-12-33(31-24)27-10-8-23(19-30-27)36-14-15-38-28-6-4-5-13-37-28/h7-12,18-19,21,28H,4-6,13-17,20H2,1-3H3. The van der Waals surface area contributed by atoms with E-state index >= 15 is 0 Å². The molecular weight excluding hydrogens is 544 g/mol. The molecule has 4 heterocycles. The van der Waals surface area contributed by atoms with E-state index in [1.807, 2.05) is 30.5 Å². The molecule has 3 aromatic heterocycles. The lowest BCUT2D eigenvalue weighted by atomic mass is 9.98. The highest BCUT2D eigenvalue weighted by Crippen LogP contribution is 2.28. The predicted molar refractivity (Wildman–Crippen MR) is 158 cm³/mol. The number of hydrogen-bond donors (Lipinski definition) is 0. The largest absolute Gasteiger partial charge is 0.490 e. The molecule has 1 aromatic carbocycles. The first-order valence-electron chi connectivity index (χ1n) is 13.9. The molecule has 9 nitrogen and oxygen atoms in total. The summed E-state index contributed by atoms with van der Waals surface area (Å²) in [5.41, 5.74) is 2.94. The first-order chi connectivity index (χ1) is 19.5. The fraction of sp³-hybridized carbons (Fsp3) is 0.483.